The molecule has 0 spiro atoms. The lowest BCUT2D eigenvalue weighted by molar-refractivity contribution is 0.0594. The van der Waals surface area contributed by atoms with Crippen LogP contribution in [-0.4, -0.2) is 42.5 Å². The lowest BCUT2D eigenvalue weighted by Gasteiger charge is -2.21. The fourth-order valence-corrected chi connectivity index (χ4v) is 2.34. The number of aromatic amines is 1. The zero-order valence-electron chi connectivity index (χ0n) is 13.0. The van der Waals surface area contributed by atoms with Crippen molar-refractivity contribution < 1.29 is 14.3 Å². The molecule has 0 radical (unpaired) electrons. The van der Waals surface area contributed by atoms with E-state index in [1.54, 1.807) is 24.1 Å². The number of aromatic nitrogens is 1. The van der Waals surface area contributed by atoms with Gasteiger partial charge in [0.25, 0.3) is 5.91 Å². The monoisotopic (exact) mass is 300 g/mol. The molecule has 1 aromatic heterocycles. The van der Waals surface area contributed by atoms with Gasteiger partial charge in [-0.25, -0.2) is 4.79 Å². The zero-order valence-corrected chi connectivity index (χ0v) is 13.0. The van der Waals surface area contributed by atoms with E-state index >= 15 is 0 Å². The normalized spacial score (nSPS) is 11.8. The van der Waals surface area contributed by atoms with E-state index in [1.807, 2.05) is 30.3 Å². The first-order chi connectivity index (χ1) is 10.5. The number of esters is 1. The fourth-order valence-electron chi connectivity index (χ4n) is 2.34. The van der Waals surface area contributed by atoms with Crippen LogP contribution >= 0.6 is 0 Å². The van der Waals surface area contributed by atoms with Crippen molar-refractivity contribution in [2.75, 3.05) is 20.7 Å². The number of rotatable bonds is 5. The van der Waals surface area contributed by atoms with Crippen LogP contribution in [0.2, 0.25) is 0 Å². The summed E-state index contributed by atoms with van der Waals surface area (Å²) >= 11 is 0. The summed E-state index contributed by atoms with van der Waals surface area (Å²) in [5, 5.41) is 0. The molecule has 116 valence electrons. The highest BCUT2D eigenvalue weighted by molar-refractivity contribution is 5.95. The van der Waals surface area contributed by atoms with Crippen molar-refractivity contribution in [1.82, 2.24) is 9.88 Å². The van der Waals surface area contributed by atoms with Crippen LogP contribution in [0.3, 0.4) is 0 Å². The highest BCUT2D eigenvalue weighted by atomic mass is 16.5. The molecule has 1 amide bonds. The van der Waals surface area contributed by atoms with Gasteiger partial charge in [0, 0.05) is 13.6 Å². The maximum absolute atomic E-state index is 12.4. The number of carbonyl (C=O) groups excluding carboxylic acids is 2. The quantitative estimate of drug-likeness (QED) is 0.864. The summed E-state index contributed by atoms with van der Waals surface area (Å²) in [6.07, 6.45) is 0. The number of methoxy groups -OCH3 is 1. The summed E-state index contributed by atoms with van der Waals surface area (Å²) in [6, 6.07) is 13.2. The predicted octanol–water partition coefficient (Wildman–Crippen LogP) is 2.68. The number of carbonyl (C=O) groups is 2. The largest absolute Gasteiger partial charge is 0.464 e. The van der Waals surface area contributed by atoms with Crippen LogP contribution in [0.1, 0.15) is 39.4 Å². The van der Waals surface area contributed by atoms with Crippen molar-refractivity contribution in [3.8, 4) is 0 Å². The van der Waals surface area contributed by atoms with Crippen LogP contribution in [0.4, 0.5) is 0 Å². The van der Waals surface area contributed by atoms with E-state index in [-0.39, 0.29) is 17.5 Å². The lowest BCUT2D eigenvalue weighted by atomic mass is 10.0. The molecule has 1 N–H and O–H groups in total. The summed E-state index contributed by atoms with van der Waals surface area (Å²) in [7, 11) is 3.05. The number of amides is 1. The topological polar surface area (TPSA) is 62.4 Å². The highest BCUT2D eigenvalue weighted by Gasteiger charge is 2.18. The van der Waals surface area contributed by atoms with E-state index < -0.39 is 5.97 Å². The van der Waals surface area contributed by atoms with Crippen molar-refractivity contribution in [3.05, 3.63) is 59.4 Å². The molecule has 0 aliphatic heterocycles. The third kappa shape index (κ3) is 3.55. The summed E-state index contributed by atoms with van der Waals surface area (Å²) in [6.45, 7) is 2.67. The average Bonchev–Trinajstić information content (AvgIpc) is 3.04. The Morgan fingerprint density at radius 1 is 1.14 bits per heavy atom. The van der Waals surface area contributed by atoms with Gasteiger partial charge in [-0.1, -0.05) is 37.3 Å². The molecule has 5 heteroatoms. The first-order valence-electron chi connectivity index (χ1n) is 7.10. The first kappa shape index (κ1) is 15.8. The number of nitrogens with one attached hydrogen (secondary N) is 1. The van der Waals surface area contributed by atoms with Crippen molar-refractivity contribution in [2.45, 2.75) is 12.8 Å². The van der Waals surface area contributed by atoms with Crippen LogP contribution in [0.25, 0.3) is 0 Å². The Bertz CT molecular complexity index is 649. The molecule has 0 aliphatic carbocycles. The second kappa shape index (κ2) is 6.93. The van der Waals surface area contributed by atoms with Gasteiger partial charge in [0.15, 0.2) is 0 Å². The second-order valence-electron chi connectivity index (χ2n) is 5.27. The van der Waals surface area contributed by atoms with Crippen molar-refractivity contribution in [2.24, 2.45) is 0 Å². The molecule has 0 saturated heterocycles. The minimum atomic E-state index is -0.487. The molecule has 0 fully saturated rings. The van der Waals surface area contributed by atoms with E-state index in [1.165, 1.54) is 12.7 Å². The minimum Gasteiger partial charge on any atom is -0.464 e. The molecule has 1 heterocycles. The van der Waals surface area contributed by atoms with Gasteiger partial charge in [-0.2, -0.15) is 0 Å². The number of ether oxygens (including phenoxy) is 1. The third-order valence-corrected chi connectivity index (χ3v) is 3.58. The Balaban J connectivity index is 2.03. The molecule has 2 aromatic rings. The van der Waals surface area contributed by atoms with Crippen molar-refractivity contribution in [3.63, 3.8) is 0 Å². The highest BCUT2D eigenvalue weighted by Crippen LogP contribution is 2.16. The molecule has 5 nitrogen and oxygen atoms in total. The Hall–Kier alpha value is -2.56. The van der Waals surface area contributed by atoms with Gasteiger partial charge in [0.1, 0.15) is 11.4 Å². The molecular weight excluding hydrogens is 280 g/mol. The summed E-state index contributed by atoms with van der Waals surface area (Å²) < 4.78 is 4.62. The zero-order chi connectivity index (χ0) is 16.1. The summed E-state index contributed by atoms with van der Waals surface area (Å²) in [5.74, 6) is -0.414. The number of H-pyrrole nitrogens is 1. The molecule has 1 unspecified atom stereocenters. The standard InChI is InChI=1S/C17H20N2O3/c1-12(13-7-5-4-6-8-13)11-19(2)16(20)14-9-10-15(18-14)17(21)22-3/h4-10,12,18H,11H2,1-3H3. The number of nitrogens with zero attached hydrogens (tertiary/aromatic N) is 1. The molecule has 1 aromatic carbocycles. The molecule has 1 atom stereocenters. The van der Waals surface area contributed by atoms with E-state index in [4.69, 9.17) is 0 Å². The van der Waals surface area contributed by atoms with Crippen molar-refractivity contribution in [1.29, 1.82) is 0 Å². The van der Waals surface area contributed by atoms with Gasteiger partial charge < -0.3 is 14.6 Å². The summed E-state index contributed by atoms with van der Waals surface area (Å²) in [5.41, 5.74) is 1.84. The third-order valence-electron chi connectivity index (χ3n) is 3.58. The van der Waals surface area contributed by atoms with Gasteiger partial charge >= 0.3 is 5.97 Å². The van der Waals surface area contributed by atoms with Gasteiger partial charge in [-0.15, -0.1) is 0 Å². The fraction of sp³-hybridized carbons (Fsp3) is 0.294. The molecule has 0 saturated carbocycles. The Morgan fingerprint density at radius 2 is 1.77 bits per heavy atom. The van der Waals surface area contributed by atoms with E-state index in [0.717, 1.165) is 0 Å². The minimum absolute atomic E-state index is 0.155. The molecule has 0 aliphatic rings. The van der Waals surface area contributed by atoms with Crippen LogP contribution in [0.15, 0.2) is 42.5 Å². The van der Waals surface area contributed by atoms with Crippen LogP contribution in [0.5, 0.6) is 0 Å². The van der Waals surface area contributed by atoms with E-state index in [0.29, 0.717) is 12.2 Å². The van der Waals surface area contributed by atoms with Gasteiger partial charge in [-0.05, 0) is 23.6 Å². The Kier molecular flexibility index (Phi) is 4.99. The average molecular weight is 300 g/mol. The SMILES string of the molecule is COC(=O)c1ccc(C(=O)N(C)CC(C)c2ccccc2)[nH]1. The maximum Gasteiger partial charge on any atom is 0.354 e. The molecule has 2 rings (SSSR count). The lowest BCUT2D eigenvalue weighted by Crippen LogP contribution is -2.30. The predicted molar refractivity (Wildman–Crippen MR) is 83.9 cm³/mol. The number of likely N-dealkylation sites (N-methyl/N-ethyl adjacent to an activating group) is 1. The molecular formula is C17H20N2O3. The van der Waals surface area contributed by atoms with Crippen LogP contribution < -0.4 is 0 Å². The number of benzene rings is 1. The van der Waals surface area contributed by atoms with Crippen LogP contribution in [-0.2, 0) is 4.74 Å². The first-order valence-corrected chi connectivity index (χ1v) is 7.10. The van der Waals surface area contributed by atoms with E-state index in [9.17, 15) is 9.59 Å². The summed E-state index contributed by atoms with van der Waals surface area (Å²) in [4.78, 5) is 28.2. The number of hydrogen-bond acceptors (Lipinski definition) is 3. The molecule has 22 heavy (non-hydrogen) atoms. The smallest absolute Gasteiger partial charge is 0.354 e. The van der Waals surface area contributed by atoms with Gasteiger partial charge in [0.2, 0.25) is 0 Å². The second-order valence-corrected chi connectivity index (χ2v) is 5.27. The van der Waals surface area contributed by atoms with Crippen LogP contribution in [0, 0.1) is 0 Å². The van der Waals surface area contributed by atoms with Gasteiger partial charge in [0.05, 0.1) is 7.11 Å². The maximum atomic E-state index is 12.4. The number of hydrogen-bond donors (Lipinski definition) is 1. The Morgan fingerprint density at radius 3 is 2.41 bits per heavy atom. The van der Waals surface area contributed by atoms with Gasteiger partial charge in [-0.3, -0.25) is 4.79 Å². The van der Waals surface area contributed by atoms with Crippen molar-refractivity contribution >= 4 is 11.9 Å². The van der Waals surface area contributed by atoms with E-state index in [2.05, 4.69) is 16.6 Å². The molecule has 0 bridgehead atoms. The Labute approximate surface area is 129 Å².